The summed E-state index contributed by atoms with van der Waals surface area (Å²) in [6.07, 6.45) is 3.58. The summed E-state index contributed by atoms with van der Waals surface area (Å²) < 4.78 is 2.28. The Morgan fingerprint density at radius 2 is 0.977 bits per heavy atom. The first-order valence-electron chi connectivity index (χ1n) is 14.9. The van der Waals surface area contributed by atoms with Crippen molar-refractivity contribution in [2.75, 3.05) is 0 Å². The highest BCUT2D eigenvalue weighted by Gasteiger charge is 2.41. The van der Waals surface area contributed by atoms with E-state index >= 15 is 0 Å². The minimum atomic E-state index is -2.76. The minimum Gasteiger partial charge on any atom is -0.294 e. The molecule has 0 saturated carbocycles. The van der Waals surface area contributed by atoms with E-state index in [4.69, 9.17) is 4.98 Å². The SMILES string of the molecule is c1ccc(-c2ccc([Si](c3ccccc3)(c3ccccc3)c3ccc4c5cncnc5n(-c5ccccc5)c4c3)cc2)cc1. The number of para-hydroxylation sites is 1. The van der Waals surface area contributed by atoms with E-state index in [0.29, 0.717) is 0 Å². The zero-order valence-corrected chi connectivity index (χ0v) is 25.1. The van der Waals surface area contributed by atoms with Crippen molar-refractivity contribution in [2.24, 2.45) is 0 Å². The molecular weight excluding hydrogens is 551 g/mol. The maximum absolute atomic E-state index is 4.76. The Hall–Kier alpha value is -5.58. The molecule has 44 heavy (non-hydrogen) atoms. The number of nitrogens with zero attached hydrogens (tertiary/aromatic N) is 3. The van der Waals surface area contributed by atoms with Gasteiger partial charge in [-0.25, -0.2) is 9.97 Å². The van der Waals surface area contributed by atoms with Gasteiger partial charge in [0.15, 0.2) is 8.07 Å². The molecule has 208 valence electrons. The van der Waals surface area contributed by atoms with E-state index in [-0.39, 0.29) is 0 Å². The van der Waals surface area contributed by atoms with Crippen LogP contribution >= 0.6 is 0 Å². The maximum Gasteiger partial charge on any atom is 0.179 e. The first kappa shape index (κ1) is 26.1. The second kappa shape index (κ2) is 10.9. The van der Waals surface area contributed by atoms with Crippen molar-refractivity contribution < 1.29 is 0 Å². The van der Waals surface area contributed by atoms with E-state index in [9.17, 15) is 0 Å². The molecule has 6 aromatic carbocycles. The van der Waals surface area contributed by atoms with Crippen LogP contribution in [0.3, 0.4) is 0 Å². The molecule has 4 heteroatoms. The largest absolute Gasteiger partial charge is 0.294 e. The normalized spacial score (nSPS) is 11.6. The van der Waals surface area contributed by atoms with E-state index in [1.807, 2.05) is 6.20 Å². The minimum absolute atomic E-state index is 0.914. The number of aromatic nitrogens is 3. The van der Waals surface area contributed by atoms with Crippen LogP contribution in [0.1, 0.15) is 0 Å². The highest BCUT2D eigenvalue weighted by molar-refractivity contribution is 7.20. The van der Waals surface area contributed by atoms with Gasteiger partial charge in [-0.15, -0.1) is 0 Å². The zero-order chi connectivity index (χ0) is 29.3. The Bertz CT molecular complexity index is 2150. The monoisotopic (exact) mass is 579 g/mol. The topological polar surface area (TPSA) is 30.7 Å². The molecule has 2 heterocycles. The summed E-state index contributed by atoms with van der Waals surface area (Å²) in [7, 11) is -2.76. The second-order valence-electron chi connectivity index (χ2n) is 11.1. The molecule has 0 unspecified atom stereocenters. The Morgan fingerprint density at radius 3 is 1.61 bits per heavy atom. The molecule has 2 aromatic heterocycles. The molecular formula is C40H29N3Si. The number of benzene rings is 6. The molecule has 0 aliphatic carbocycles. The summed E-state index contributed by atoms with van der Waals surface area (Å²) in [6, 6.07) is 59.6. The van der Waals surface area contributed by atoms with Crippen LogP contribution in [0.5, 0.6) is 0 Å². The fourth-order valence-corrected chi connectivity index (χ4v) is 11.5. The van der Waals surface area contributed by atoms with Crippen LogP contribution in [-0.2, 0) is 0 Å². The molecule has 0 radical (unpaired) electrons. The number of rotatable bonds is 6. The molecule has 0 N–H and O–H groups in total. The van der Waals surface area contributed by atoms with Gasteiger partial charge < -0.3 is 0 Å². The van der Waals surface area contributed by atoms with Gasteiger partial charge in [0, 0.05) is 22.7 Å². The Kier molecular flexibility index (Phi) is 6.47. The van der Waals surface area contributed by atoms with Gasteiger partial charge >= 0.3 is 0 Å². The van der Waals surface area contributed by atoms with Crippen LogP contribution in [0.15, 0.2) is 176 Å². The van der Waals surface area contributed by atoms with Crippen molar-refractivity contribution in [1.29, 1.82) is 0 Å². The van der Waals surface area contributed by atoms with Crippen molar-refractivity contribution in [1.82, 2.24) is 14.5 Å². The molecule has 3 nitrogen and oxygen atoms in total. The molecule has 0 fully saturated rings. The third-order valence-electron chi connectivity index (χ3n) is 8.72. The standard InChI is InChI=1S/C40H29N3Si/c1-5-13-30(14-6-1)31-21-23-35(24-22-31)44(33-17-9-3-10-18-33,34-19-11-4-12-20-34)36-25-26-37-38-28-41-29-42-40(38)43(39(37)27-36)32-15-7-2-8-16-32/h1-29H. The van der Waals surface area contributed by atoms with Gasteiger partial charge in [-0.05, 0) is 50.1 Å². The maximum atomic E-state index is 4.76. The van der Waals surface area contributed by atoms with Crippen molar-refractivity contribution >= 4 is 50.8 Å². The number of hydrogen-bond acceptors (Lipinski definition) is 2. The molecule has 0 bridgehead atoms. The van der Waals surface area contributed by atoms with Gasteiger partial charge in [0.25, 0.3) is 0 Å². The van der Waals surface area contributed by atoms with Crippen LogP contribution in [0.25, 0.3) is 38.8 Å². The van der Waals surface area contributed by atoms with Crippen molar-refractivity contribution in [3.8, 4) is 16.8 Å². The van der Waals surface area contributed by atoms with Crippen LogP contribution in [-0.4, -0.2) is 22.6 Å². The predicted molar refractivity (Wildman–Crippen MR) is 185 cm³/mol. The molecule has 0 atom stereocenters. The fraction of sp³-hybridized carbons (Fsp3) is 0. The molecule has 0 amide bonds. The summed E-state index contributed by atoms with van der Waals surface area (Å²) >= 11 is 0. The molecule has 8 rings (SSSR count). The Labute approximate surface area is 257 Å². The third-order valence-corrected chi connectivity index (χ3v) is 13.5. The van der Waals surface area contributed by atoms with Crippen LogP contribution < -0.4 is 20.7 Å². The van der Waals surface area contributed by atoms with Gasteiger partial charge in [0.1, 0.15) is 12.0 Å². The van der Waals surface area contributed by atoms with Crippen LogP contribution in [0.2, 0.25) is 0 Å². The van der Waals surface area contributed by atoms with Crippen molar-refractivity contribution in [3.05, 3.63) is 176 Å². The summed E-state index contributed by atoms with van der Waals surface area (Å²) in [5, 5.41) is 7.56. The summed E-state index contributed by atoms with van der Waals surface area (Å²) in [5.41, 5.74) is 5.57. The van der Waals surface area contributed by atoms with Gasteiger partial charge in [-0.3, -0.25) is 4.57 Å². The average Bonchev–Trinajstić information content (AvgIpc) is 3.44. The lowest BCUT2D eigenvalue weighted by Gasteiger charge is -2.34. The van der Waals surface area contributed by atoms with Crippen LogP contribution in [0.4, 0.5) is 0 Å². The first-order valence-corrected chi connectivity index (χ1v) is 16.9. The van der Waals surface area contributed by atoms with Crippen molar-refractivity contribution in [3.63, 3.8) is 0 Å². The quantitative estimate of drug-likeness (QED) is 0.164. The van der Waals surface area contributed by atoms with Gasteiger partial charge in [-0.2, -0.15) is 0 Å². The van der Waals surface area contributed by atoms with Gasteiger partial charge in [0.2, 0.25) is 0 Å². The zero-order valence-electron chi connectivity index (χ0n) is 24.1. The number of fused-ring (bicyclic) bond motifs is 3. The highest BCUT2D eigenvalue weighted by atomic mass is 28.3. The molecule has 0 aliphatic heterocycles. The summed E-state index contributed by atoms with van der Waals surface area (Å²) in [5.74, 6) is 0. The predicted octanol–water partition coefficient (Wildman–Crippen LogP) is 6.62. The van der Waals surface area contributed by atoms with E-state index in [0.717, 1.165) is 27.6 Å². The lowest BCUT2D eigenvalue weighted by atomic mass is 10.1. The lowest BCUT2D eigenvalue weighted by molar-refractivity contribution is 1.11. The van der Waals surface area contributed by atoms with E-state index in [1.165, 1.54) is 31.9 Å². The third kappa shape index (κ3) is 4.19. The molecule has 0 spiro atoms. The molecule has 8 aromatic rings. The van der Waals surface area contributed by atoms with Gasteiger partial charge in [-0.1, -0.05) is 146 Å². The number of hydrogen-bond donors (Lipinski definition) is 0. The highest BCUT2D eigenvalue weighted by Crippen LogP contribution is 2.30. The first-order chi connectivity index (χ1) is 21.8. The lowest BCUT2D eigenvalue weighted by Crippen LogP contribution is -2.74. The van der Waals surface area contributed by atoms with Crippen molar-refractivity contribution in [2.45, 2.75) is 0 Å². The van der Waals surface area contributed by atoms with E-state index in [1.54, 1.807) is 6.33 Å². The Morgan fingerprint density at radius 1 is 0.455 bits per heavy atom. The fourth-order valence-electron chi connectivity index (χ4n) is 6.74. The van der Waals surface area contributed by atoms with E-state index < -0.39 is 8.07 Å². The molecule has 0 saturated heterocycles. The van der Waals surface area contributed by atoms with E-state index in [2.05, 4.69) is 173 Å². The Balaban J connectivity index is 1.46. The van der Waals surface area contributed by atoms with Crippen LogP contribution in [0, 0.1) is 0 Å². The van der Waals surface area contributed by atoms with Gasteiger partial charge in [0.05, 0.1) is 5.52 Å². The smallest absolute Gasteiger partial charge is 0.179 e. The second-order valence-corrected chi connectivity index (χ2v) is 14.9. The molecule has 0 aliphatic rings. The summed E-state index contributed by atoms with van der Waals surface area (Å²) in [6.45, 7) is 0. The summed E-state index contributed by atoms with van der Waals surface area (Å²) in [4.78, 5) is 9.16. The average molecular weight is 580 g/mol.